The summed E-state index contributed by atoms with van der Waals surface area (Å²) in [5.74, 6) is 5.92. The number of anilines is 1. The highest BCUT2D eigenvalue weighted by Gasteiger charge is 2.13. The average Bonchev–Trinajstić information content (AvgIpc) is 2.74. The zero-order valence-electron chi connectivity index (χ0n) is 10.7. The highest BCUT2D eigenvalue weighted by molar-refractivity contribution is 7.99. The third-order valence-electron chi connectivity index (χ3n) is 2.53. The number of aromatic amines is 1. The largest absolute Gasteiger partial charge is 0.343 e. The minimum atomic E-state index is -0.215. The van der Waals surface area contributed by atoms with Crippen molar-refractivity contribution >= 4 is 17.6 Å². The molecule has 0 fully saturated rings. The fourth-order valence-corrected chi connectivity index (χ4v) is 2.47. The number of hydrogen-bond donors (Lipinski definition) is 3. The Morgan fingerprint density at radius 2 is 2.32 bits per heavy atom. The predicted molar refractivity (Wildman–Crippen MR) is 71.8 cm³/mol. The lowest BCUT2D eigenvalue weighted by Gasteiger charge is -2.08. The molecule has 0 bridgehead atoms. The van der Waals surface area contributed by atoms with E-state index in [1.54, 1.807) is 4.57 Å². The summed E-state index contributed by atoms with van der Waals surface area (Å²) in [6.07, 6.45) is 2.27. The lowest BCUT2D eigenvalue weighted by Crippen LogP contribution is -2.17. The van der Waals surface area contributed by atoms with Crippen molar-refractivity contribution in [3.63, 3.8) is 0 Å². The van der Waals surface area contributed by atoms with E-state index < -0.39 is 0 Å². The molecule has 102 valence electrons. The molecule has 2 aromatic heterocycles. The van der Waals surface area contributed by atoms with Crippen molar-refractivity contribution in [2.75, 3.05) is 5.43 Å². The second-order valence-corrected chi connectivity index (χ2v) is 4.82. The monoisotopic (exact) mass is 281 g/mol. The molecule has 0 aliphatic rings. The minimum Gasteiger partial charge on any atom is -0.308 e. The molecule has 0 saturated carbocycles. The van der Waals surface area contributed by atoms with Crippen LogP contribution in [0.3, 0.4) is 0 Å². The molecule has 0 radical (unpaired) electrons. The smallest absolute Gasteiger partial charge is 0.308 e. The Kier molecular flexibility index (Phi) is 4.17. The van der Waals surface area contributed by atoms with Crippen LogP contribution in [0.1, 0.15) is 18.9 Å². The van der Waals surface area contributed by atoms with Gasteiger partial charge < -0.3 is 5.43 Å². The first-order valence-corrected chi connectivity index (χ1v) is 6.60. The molecule has 2 heterocycles. The van der Waals surface area contributed by atoms with Crippen molar-refractivity contribution in [3.05, 3.63) is 22.4 Å². The zero-order valence-corrected chi connectivity index (χ0v) is 11.5. The van der Waals surface area contributed by atoms with Crippen molar-refractivity contribution in [2.45, 2.75) is 37.0 Å². The van der Waals surface area contributed by atoms with Crippen LogP contribution in [-0.4, -0.2) is 24.7 Å². The van der Waals surface area contributed by atoms with Gasteiger partial charge in [-0.2, -0.15) is 0 Å². The summed E-state index contributed by atoms with van der Waals surface area (Å²) in [4.78, 5) is 19.8. The lowest BCUT2D eigenvalue weighted by atomic mass is 10.3. The van der Waals surface area contributed by atoms with Gasteiger partial charge in [0.25, 0.3) is 0 Å². The highest BCUT2D eigenvalue weighted by Crippen LogP contribution is 2.28. The topological polar surface area (TPSA) is 115 Å². The maximum Gasteiger partial charge on any atom is 0.343 e. The molecule has 0 spiro atoms. The minimum absolute atomic E-state index is 0.215. The molecule has 0 atom stereocenters. The molecule has 0 aliphatic heterocycles. The molecule has 0 amide bonds. The first-order chi connectivity index (χ1) is 9.17. The average molecular weight is 281 g/mol. The van der Waals surface area contributed by atoms with E-state index in [4.69, 9.17) is 5.84 Å². The Hall–Kier alpha value is -1.87. The van der Waals surface area contributed by atoms with Crippen LogP contribution in [0, 0.1) is 6.92 Å². The van der Waals surface area contributed by atoms with E-state index in [0.29, 0.717) is 22.5 Å². The van der Waals surface area contributed by atoms with Crippen molar-refractivity contribution in [1.82, 2.24) is 24.7 Å². The number of aromatic nitrogens is 5. The fourth-order valence-electron chi connectivity index (χ4n) is 1.57. The van der Waals surface area contributed by atoms with Crippen molar-refractivity contribution in [3.8, 4) is 0 Å². The predicted octanol–water partition coefficient (Wildman–Crippen LogP) is 0.517. The normalized spacial score (nSPS) is 10.7. The molecule has 2 aromatic rings. The molecule has 0 saturated heterocycles. The highest BCUT2D eigenvalue weighted by atomic mass is 32.2. The number of nitrogens with two attached hydrogens (primary N) is 1. The van der Waals surface area contributed by atoms with Crippen LogP contribution >= 0.6 is 11.8 Å². The van der Waals surface area contributed by atoms with Crippen molar-refractivity contribution in [2.24, 2.45) is 5.84 Å². The molecule has 0 aliphatic carbocycles. The molecule has 9 heteroatoms. The van der Waals surface area contributed by atoms with Crippen LogP contribution < -0.4 is 17.0 Å². The molecule has 4 N–H and O–H groups in total. The maximum atomic E-state index is 11.6. The number of hydrogen-bond acceptors (Lipinski definition) is 7. The maximum absolute atomic E-state index is 11.6. The third kappa shape index (κ3) is 2.76. The Bertz CT molecular complexity index is 621. The first-order valence-electron chi connectivity index (χ1n) is 5.78. The molecule has 0 unspecified atom stereocenters. The van der Waals surface area contributed by atoms with Gasteiger partial charge in [-0.1, -0.05) is 6.92 Å². The molecule has 19 heavy (non-hydrogen) atoms. The van der Waals surface area contributed by atoms with E-state index in [1.165, 1.54) is 18.1 Å². The number of nitrogen functional groups attached to an aromatic ring is 1. The van der Waals surface area contributed by atoms with E-state index >= 15 is 0 Å². The van der Waals surface area contributed by atoms with Gasteiger partial charge in [-0.05, 0) is 25.1 Å². The van der Waals surface area contributed by atoms with Gasteiger partial charge in [-0.15, -0.1) is 5.10 Å². The van der Waals surface area contributed by atoms with Crippen LogP contribution in [0.15, 0.2) is 21.3 Å². The summed E-state index contributed by atoms with van der Waals surface area (Å²) in [6.45, 7) is 4.47. The second kappa shape index (κ2) is 5.85. The Labute approximate surface area is 113 Å². The first kappa shape index (κ1) is 13.6. The van der Waals surface area contributed by atoms with E-state index in [1.807, 2.05) is 13.8 Å². The number of H-pyrrole nitrogens is 1. The van der Waals surface area contributed by atoms with Crippen LogP contribution in [0.2, 0.25) is 0 Å². The Morgan fingerprint density at radius 3 is 3.00 bits per heavy atom. The summed E-state index contributed by atoms with van der Waals surface area (Å²) < 4.78 is 1.59. The van der Waals surface area contributed by atoms with Gasteiger partial charge in [0.15, 0.2) is 5.16 Å². The molecule has 8 nitrogen and oxygen atoms in total. The molecule has 0 aromatic carbocycles. The van der Waals surface area contributed by atoms with Crippen LogP contribution in [0.4, 0.5) is 5.82 Å². The molecular formula is C10H15N7OS. The van der Waals surface area contributed by atoms with Crippen molar-refractivity contribution < 1.29 is 0 Å². The summed E-state index contributed by atoms with van der Waals surface area (Å²) in [5.41, 5.74) is 3.10. The van der Waals surface area contributed by atoms with E-state index in [-0.39, 0.29) is 5.69 Å². The van der Waals surface area contributed by atoms with Gasteiger partial charge >= 0.3 is 5.69 Å². The second-order valence-electron chi connectivity index (χ2n) is 3.86. The summed E-state index contributed by atoms with van der Waals surface area (Å²) in [6, 6.07) is 0. The third-order valence-corrected chi connectivity index (χ3v) is 3.63. The number of hydrazine groups is 1. The lowest BCUT2D eigenvalue weighted by molar-refractivity contribution is 0.603. The zero-order chi connectivity index (χ0) is 13.8. The van der Waals surface area contributed by atoms with Gasteiger partial charge in [0.05, 0.1) is 0 Å². The van der Waals surface area contributed by atoms with Gasteiger partial charge in [0, 0.05) is 12.1 Å². The van der Waals surface area contributed by atoms with Crippen molar-refractivity contribution in [1.29, 1.82) is 0 Å². The Balaban J connectivity index is 2.34. The van der Waals surface area contributed by atoms with Crippen LogP contribution in [0.5, 0.6) is 0 Å². The van der Waals surface area contributed by atoms with Gasteiger partial charge in [-0.25, -0.2) is 25.7 Å². The van der Waals surface area contributed by atoms with Crippen LogP contribution in [-0.2, 0) is 6.54 Å². The summed E-state index contributed by atoms with van der Waals surface area (Å²) in [5, 5.41) is 7.73. The van der Waals surface area contributed by atoms with Crippen LogP contribution in [0.25, 0.3) is 0 Å². The fraction of sp³-hybridized carbons (Fsp3) is 0.400. The number of nitrogens with one attached hydrogen (secondary N) is 2. The number of nitrogens with zero attached hydrogens (tertiary/aromatic N) is 4. The Morgan fingerprint density at radius 1 is 1.53 bits per heavy atom. The van der Waals surface area contributed by atoms with Gasteiger partial charge in [0.1, 0.15) is 17.2 Å². The number of rotatable bonds is 5. The van der Waals surface area contributed by atoms with E-state index in [2.05, 4.69) is 25.6 Å². The van der Waals surface area contributed by atoms with Gasteiger partial charge in [0.2, 0.25) is 0 Å². The quantitative estimate of drug-likeness (QED) is 0.415. The summed E-state index contributed by atoms with van der Waals surface area (Å²) in [7, 11) is 0. The van der Waals surface area contributed by atoms with E-state index in [0.717, 1.165) is 12.0 Å². The standard InChI is InChI=1S/C10H15N7OS/c1-3-4-17-9(18)15-16-10(17)19-8-6(2)7(14-11)12-5-13-8/h5H,3-4,11H2,1-2H3,(H,15,18)(H,12,13,14). The molecule has 2 rings (SSSR count). The van der Waals surface area contributed by atoms with Gasteiger partial charge in [-0.3, -0.25) is 4.57 Å². The van der Waals surface area contributed by atoms with E-state index in [9.17, 15) is 4.79 Å². The SMILES string of the molecule is CCCn1c(Sc2ncnc(NN)c2C)n[nH]c1=O. The molecular weight excluding hydrogens is 266 g/mol. The summed E-state index contributed by atoms with van der Waals surface area (Å²) >= 11 is 1.31.